The van der Waals surface area contributed by atoms with Crippen molar-refractivity contribution in [2.45, 2.75) is 65.8 Å². The molecule has 1 fully saturated rings. The Morgan fingerprint density at radius 2 is 1.82 bits per heavy atom. The molecule has 178 valence electrons. The summed E-state index contributed by atoms with van der Waals surface area (Å²) in [6, 6.07) is 12.0. The summed E-state index contributed by atoms with van der Waals surface area (Å²) in [6.07, 6.45) is 3.66. The summed E-state index contributed by atoms with van der Waals surface area (Å²) < 4.78 is 0. The molecule has 0 radical (unpaired) electrons. The summed E-state index contributed by atoms with van der Waals surface area (Å²) in [5.41, 5.74) is 6.39. The Balaban J connectivity index is 1.75. The van der Waals surface area contributed by atoms with Crippen molar-refractivity contribution < 1.29 is 9.59 Å². The normalized spacial score (nSPS) is 21.1. The Hall–Kier alpha value is -2.99. The van der Waals surface area contributed by atoms with Crippen molar-refractivity contribution in [3.8, 4) is 0 Å². The standard InChI is InChI=1S/C28H33N3O2S/c1-7-19-9-11-21(12-10-19)31-26(33)23(25(32)29-27(31)34)15-20-14-22-18(4)16-28(5,6)30(8-2)24(22)13-17(20)3/h9-15,18H,7-8,16H2,1-6H3,(H,29,32,34)/b23-15+/t18-/m1/s1. The minimum atomic E-state index is -0.460. The van der Waals surface area contributed by atoms with Crippen molar-refractivity contribution in [1.29, 1.82) is 0 Å². The lowest BCUT2D eigenvalue weighted by molar-refractivity contribution is -0.122. The first kappa shape index (κ1) is 24.1. The highest BCUT2D eigenvalue weighted by Gasteiger charge is 2.37. The molecule has 2 aromatic rings. The van der Waals surface area contributed by atoms with E-state index in [0.717, 1.165) is 30.5 Å². The van der Waals surface area contributed by atoms with Gasteiger partial charge in [0.05, 0.1) is 5.69 Å². The average molecular weight is 476 g/mol. The number of benzene rings is 2. The Kier molecular flexibility index (Phi) is 6.38. The zero-order chi connectivity index (χ0) is 24.8. The molecule has 5 nitrogen and oxygen atoms in total. The molecule has 1 saturated heterocycles. The van der Waals surface area contributed by atoms with Crippen LogP contribution >= 0.6 is 12.2 Å². The van der Waals surface area contributed by atoms with Gasteiger partial charge in [-0.2, -0.15) is 0 Å². The predicted molar refractivity (Wildman–Crippen MR) is 143 cm³/mol. The van der Waals surface area contributed by atoms with Gasteiger partial charge in [-0.1, -0.05) is 26.0 Å². The maximum atomic E-state index is 13.5. The first-order valence-electron chi connectivity index (χ1n) is 12.0. The van der Waals surface area contributed by atoms with Gasteiger partial charge in [-0.3, -0.25) is 19.8 Å². The monoisotopic (exact) mass is 475 g/mol. The number of amides is 2. The first-order chi connectivity index (χ1) is 16.1. The first-order valence-corrected chi connectivity index (χ1v) is 12.4. The van der Waals surface area contributed by atoms with Gasteiger partial charge >= 0.3 is 0 Å². The van der Waals surface area contributed by atoms with E-state index in [2.05, 4.69) is 57.0 Å². The van der Waals surface area contributed by atoms with Gasteiger partial charge in [0.25, 0.3) is 11.8 Å². The number of anilines is 2. The lowest BCUT2D eigenvalue weighted by Gasteiger charge is -2.47. The highest BCUT2D eigenvalue weighted by molar-refractivity contribution is 7.80. The predicted octanol–water partition coefficient (Wildman–Crippen LogP) is 5.50. The summed E-state index contributed by atoms with van der Waals surface area (Å²) in [4.78, 5) is 30.1. The molecular formula is C28H33N3O2S. The van der Waals surface area contributed by atoms with Crippen LogP contribution in [-0.4, -0.2) is 29.0 Å². The smallest absolute Gasteiger partial charge is 0.270 e. The fraction of sp³-hybridized carbons (Fsp3) is 0.393. The average Bonchev–Trinajstić information content (AvgIpc) is 2.77. The number of nitrogens with one attached hydrogen (secondary N) is 1. The van der Waals surface area contributed by atoms with Gasteiger partial charge in [0, 0.05) is 17.8 Å². The van der Waals surface area contributed by atoms with Crippen LogP contribution in [0.3, 0.4) is 0 Å². The number of nitrogens with zero attached hydrogens (tertiary/aromatic N) is 2. The fourth-order valence-corrected chi connectivity index (χ4v) is 5.61. The topological polar surface area (TPSA) is 52.7 Å². The number of hydrogen-bond acceptors (Lipinski definition) is 4. The Morgan fingerprint density at radius 1 is 1.15 bits per heavy atom. The number of carbonyl (C=O) groups excluding carboxylic acids is 2. The second-order valence-corrected chi connectivity index (χ2v) is 10.3. The highest BCUT2D eigenvalue weighted by Crippen LogP contribution is 2.44. The van der Waals surface area contributed by atoms with Crippen LogP contribution in [0.4, 0.5) is 11.4 Å². The summed E-state index contributed by atoms with van der Waals surface area (Å²) >= 11 is 5.35. The van der Waals surface area contributed by atoms with Crippen LogP contribution in [0.5, 0.6) is 0 Å². The van der Waals surface area contributed by atoms with Gasteiger partial charge in [0.1, 0.15) is 5.57 Å². The van der Waals surface area contributed by atoms with E-state index in [1.165, 1.54) is 21.7 Å². The fourth-order valence-electron chi connectivity index (χ4n) is 5.33. The van der Waals surface area contributed by atoms with Crippen LogP contribution in [0.15, 0.2) is 42.0 Å². The molecular weight excluding hydrogens is 442 g/mol. The van der Waals surface area contributed by atoms with Gasteiger partial charge in [-0.25, -0.2) is 0 Å². The van der Waals surface area contributed by atoms with Crippen molar-refractivity contribution in [3.05, 3.63) is 64.2 Å². The molecule has 2 heterocycles. The third-order valence-electron chi connectivity index (χ3n) is 7.09. The van der Waals surface area contributed by atoms with Gasteiger partial charge in [0.2, 0.25) is 0 Å². The molecule has 0 aromatic heterocycles. The number of carbonyl (C=O) groups is 2. The molecule has 34 heavy (non-hydrogen) atoms. The molecule has 0 aliphatic carbocycles. The molecule has 0 unspecified atom stereocenters. The van der Waals surface area contributed by atoms with Crippen molar-refractivity contribution in [2.24, 2.45) is 0 Å². The highest BCUT2D eigenvalue weighted by atomic mass is 32.1. The quantitative estimate of drug-likeness (QED) is 0.360. The van der Waals surface area contributed by atoms with Crippen molar-refractivity contribution in [2.75, 3.05) is 16.3 Å². The van der Waals surface area contributed by atoms with Gasteiger partial charge in [-0.15, -0.1) is 0 Å². The van der Waals surface area contributed by atoms with Gasteiger partial charge in [0.15, 0.2) is 5.11 Å². The summed E-state index contributed by atoms with van der Waals surface area (Å²) in [7, 11) is 0. The molecule has 2 aliphatic heterocycles. The number of rotatable bonds is 4. The summed E-state index contributed by atoms with van der Waals surface area (Å²) in [5.74, 6) is -0.486. The lowest BCUT2D eigenvalue weighted by atomic mass is 9.79. The van der Waals surface area contributed by atoms with E-state index in [1.54, 1.807) is 6.08 Å². The van der Waals surface area contributed by atoms with Crippen molar-refractivity contribution in [1.82, 2.24) is 5.32 Å². The van der Waals surface area contributed by atoms with E-state index >= 15 is 0 Å². The van der Waals surface area contributed by atoms with Gasteiger partial charge in [-0.05, 0) is 111 Å². The zero-order valence-electron chi connectivity index (χ0n) is 20.9. The van der Waals surface area contributed by atoms with Crippen LogP contribution in [0, 0.1) is 6.92 Å². The third kappa shape index (κ3) is 4.16. The summed E-state index contributed by atoms with van der Waals surface area (Å²) in [5, 5.41) is 2.80. The van der Waals surface area contributed by atoms with Crippen LogP contribution < -0.4 is 15.1 Å². The van der Waals surface area contributed by atoms with E-state index in [4.69, 9.17) is 12.2 Å². The Labute approximate surface area is 207 Å². The van der Waals surface area contributed by atoms with Gasteiger partial charge < -0.3 is 4.90 Å². The molecule has 2 amide bonds. The maximum absolute atomic E-state index is 13.5. The molecule has 0 bridgehead atoms. The largest absolute Gasteiger partial charge is 0.366 e. The van der Waals surface area contributed by atoms with Crippen molar-refractivity contribution in [3.63, 3.8) is 0 Å². The zero-order valence-corrected chi connectivity index (χ0v) is 21.7. The van der Waals surface area contributed by atoms with E-state index in [9.17, 15) is 9.59 Å². The molecule has 0 saturated carbocycles. The van der Waals surface area contributed by atoms with Crippen LogP contribution in [0.2, 0.25) is 0 Å². The molecule has 1 atom stereocenters. The molecule has 2 aliphatic rings. The summed E-state index contributed by atoms with van der Waals surface area (Å²) in [6.45, 7) is 14.0. The second-order valence-electron chi connectivity index (χ2n) is 9.91. The van der Waals surface area contributed by atoms with E-state index in [0.29, 0.717) is 11.6 Å². The number of aryl methyl sites for hydroxylation is 2. The molecule has 4 rings (SSSR count). The van der Waals surface area contributed by atoms with E-state index in [1.807, 2.05) is 31.2 Å². The SMILES string of the molecule is CCc1ccc(N2C(=O)/C(=C/c3cc4c(cc3C)N(CC)C(C)(C)C[C@H]4C)C(=O)NC2=S)cc1. The second kappa shape index (κ2) is 8.99. The van der Waals surface area contributed by atoms with Crippen LogP contribution in [0.25, 0.3) is 6.08 Å². The molecule has 0 spiro atoms. The number of thiocarbonyl (C=S) groups is 1. The van der Waals surface area contributed by atoms with Crippen LogP contribution in [-0.2, 0) is 16.0 Å². The molecule has 2 aromatic carbocycles. The van der Waals surface area contributed by atoms with Crippen LogP contribution in [0.1, 0.15) is 69.2 Å². The molecule has 1 N–H and O–H groups in total. The number of hydrogen-bond donors (Lipinski definition) is 1. The Morgan fingerprint density at radius 3 is 2.44 bits per heavy atom. The Bertz CT molecular complexity index is 1200. The minimum absolute atomic E-state index is 0.0797. The van der Waals surface area contributed by atoms with E-state index < -0.39 is 11.8 Å². The number of fused-ring (bicyclic) bond motifs is 1. The van der Waals surface area contributed by atoms with E-state index in [-0.39, 0.29) is 16.2 Å². The molecule has 6 heteroatoms. The lowest BCUT2D eigenvalue weighted by Crippen LogP contribution is -2.54. The minimum Gasteiger partial charge on any atom is -0.366 e. The van der Waals surface area contributed by atoms with Crippen molar-refractivity contribution >= 4 is 46.6 Å². The maximum Gasteiger partial charge on any atom is 0.270 e. The third-order valence-corrected chi connectivity index (χ3v) is 7.38.